The van der Waals surface area contributed by atoms with Crippen molar-refractivity contribution < 1.29 is 13.9 Å². The van der Waals surface area contributed by atoms with Crippen molar-refractivity contribution in [2.24, 2.45) is 5.10 Å². The first-order valence-electron chi connectivity index (χ1n) is 11.3. The number of hydrogen-bond acceptors (Lipinski definition) is 6. The Morgan fingerprint density at radius 2 is 1.83 bits per heavy atom. The zero-order valence-electron chi connectivity index (χ0n) is 19.5. The monoisotopic (exact) mass is 609 g/mol. The average molecular weight is 611 g/mol. The minimum absolute atomic E-state index is 0.302. The van der Waals surface area contributed by atoms with Crippen molar-refractivity contribution in [1.29, 1.82) is 0 Å². The normalized spacial score (nSPS) is 11.6. The number of hydrogen-bond donors (Lipinski definition) is 0. The standard InChI is InChI=1S/C27H21Br2N3O4/c1-3-34-23-12-16(11-20(29)25(23)35-4-2)15-30-32-26(31-21-8-6-5-7-19(21)27(32)33)24-14-17-13-18(28)9-10-22(17)36-24/h5-15H,3-4H2,1-2H3. The van der Waals surface area contributed by atoms with Crippen LogP contribution in [0.15, 0.2) is 83.9 Å². The molecule has 36 heavy (non-hydrogen) atoms. The van der Waals surface area contributed by atoms with Gasteiger partial charge in [-0.15, -0.1) is 0 Å². The third-order valence-electron chi connectivity index (χ3n) is 5.40. The highest BCUT2D eigenvalue weighted by Crippen LogP contribution is 2.36. The number of halogens is 2. The summed E-state index contributed by atoms with van der Waals surface area (Å²) in [7, 11) is 0. The van der Waals surface area contributed by atoms with Crippen molar-refractivity contribution in [3.8, 4) is 23.1 Å². The van der Waals surface area contributed by atoms with Gasteiger partial charge in [0.2, 0.25) is 5.82 Å². The lowest BCUT2D eigenvalue weighted by atomic mass is 10.2. The van der Waals surface area contributed by atoms with Crippen molar-refractivity contribution in [2.45, 2.75) is 13.8 Å². The van der Waals surface area contributed by atoms with Crippen LogP contribution in [0.5, 0.6) is 11.5 Å². The predicted octanol–water partition coefficient (Wildman–Crippen LogP) is 7.01. The van der Waals surface area contributed by atoms with Gasteiger partial charge in [-0.05, 0) is 83.9 Å². The first-order valence-corrected chi connectivity index (χ1v) is 12.9. The van der Waals surface area contributed by atoms with Crippen LogP contribution in [0, 0.1) is 0 Å². The molecule has 0 saturated heterocycles. The van der Waals surface area contributed by atoms with Crippen LogP contribution in [0.1, 0.15) is 19.4 Å². The number of fused-ring (bicyclic) bond motifs is 2. The number of para-hydroxylation sites is 1. The molecule has 0 spiro atoms. The van der Waals surface area contributed by atoms with Crippen LogP contribution in [0.2, 0.25) is 0 Å². The van der Waals surface area contributed by atoms with E-state index in [2.05, 4.69) is 37.0 Å². The molecule has 0 saturated carbocycles. The van der Waals surface area contributed by atoms with Gasteiger partial charge in [0.1, 0.15) is 5.58 Å². The number of nitrogens with zero attached hydrogens (tertiary/aromatic N) is 3. The van der Waals surface area contributed by atoms with E-state index in [9.17, 15) is 4.79 Å². The van der Waals surface area contributed by atoms with Crippen molar-refractivity contribution in [2.75, 3.05) is 13.2 Å². The molecular formula is C27H21Br2N3O4. The fourth-order valence-electron chi connectivity index (χ4n) is 3.85. The van der Waals surface area contributed by atoms with Crippen LogP contribution in [0.25, 0.3) is 33.5 Å². The molecule has 5 aromatic rings. The molecule has 7 nitrogen and oxygen atoms in total. The van der Waals surface area contributed by atoms with Gasteiger partial charge in [0.05, 0.1) is 34.8 Å². The number of benzene rings is 3. The topological polar surface area (TPSA) is 78.9 Å². The van der Waals surface area contributed by atoms with Crippen molar-refractivity contribution in [3.63, 3.8) is 0 Å². The highest BCUT2D eigenvalue weighted by Gasteiger charge is 2.17. The maximum Gasteiger partial charge on any atom is 0.282 e. The highest BCUT2D eigenvalue weighted by atomic mass is 79.9. The zero-order chi connectivity index (χ0) is 25.2. The maximum absolute atomic E-state index is 13.5. The Kier molecular flexibility index (Phi) is 6.93. The molecule has 0 atom stereocenters. The first kappa shape index (κ1) is 24.3. The van der Waals surface area contributed by atoms with Gasteiger partial charge in [0, 0.05) is 9.86 Å². The zero-order valence-corrected chi connectivity index (χ0v) is 22.7. The largest absolute Gasteiger partial charge is 0.490 e. The summed E-state index contributed by atoms with van der Waals surface area (Å²) in [6.07, 6.45) is 1.59. The molecule has 0 aliphatic rings. The summed E-state index contributed by atoms with van der Waals surface area (Å²) in [6, 6.07) is 18.4. The Balaban J connectivity index is 1.67. The molecule has 0 fully saturated rings. The molecule has 9 heteroatoms. The van der Waals surface area contributed by atoms with Gasteiger partial charge in [-0.1, -0.05) is 28.1 Å². The second-order valence-corrected chi connectivity index (χ2v) is 9.57. The van der Waals surface area contributed by atoms with Gasteiger partial charge in [0.25, 0.3) is 5.56 Å². The van der Waals surface area contributed by atoms with E-state index >= 15 is 0 Å². The van der Waals surface area contributed by atoms with Crippen molar-refractivity contribution in [1.82, 2.24) is 9.66 Å². The highest BCUT2D eigenvalue weighted by molar-refractivity contribution is 9.10. The smallest absolute Gasteiger partial charge is 0.282 e. The van der Waals surface area contributed by atoms with E-state index < -0.39 is 0 Å². The Morgan fingerprint density at radius 1 is 1.03 bits per heavy atom. The Hall–Kier alpha value is -3.43. The van der Waals surface area contributed by atoms with Gasteiger partial charge in [0.15, 0.2) is 17.3 Å². The van der Waals surface area contributed by atoms with Crippen LogP contribution in [-0.2, 0) is 0 Å². The summed E-state index contributed by atoms with van der Waals surface area (Å²) in [4.78, 5) is 18.2. The number of ether oxygens (including phenoxy) is 2. The van der Waals surface area contributed by atoms with Gasteiger partial charge < -0.3 is 13.9 Å². The minimum Gasteiger partial charge on any atom is -0.490 e. The summed E-state index contributed by atoms with van der Waals surface area (Å²) in [5.41, 5.74) is 1.66. The molecule has 2 aromatic heterocycles. The molecule has 2 heterocycles. The first-order chi connectivity index (χ1) is 17.5. The summed E-state index contributed by atoms with van der Waals surface area (Å²) in [5.74, 6) is 1.95. The average Bonchev–Trinajstić information content (AvgIpc) is 3.28. The third-order valence-corrected chi connectivity index (χ3v) is 6.48. The van der Waals surface area contributed by atoms with Crippen molar-refractivity contribution in [3.05, 3.63) is 85.5 Å². The number of furan rings is 1. The molecule has 0 N–H and O–H groups in total. The lowest BCUT2D eigenvalue weighted by Crippen LogP contribution is -2.20. The Morgan fingerprint density at radius 3 is 2.64 bits per heavy atom. The van der Waals surface area contributed by atoms with E-state index in [1.54, 1.807) is 24.4 Å². The molecule has 0 unspecified atom stereocenters. The van der Waals surface area contributed by atoms with Crippen LogP contribution < -0.4 is 15.0 Å². The van der Waals surface area contributed by atoms with E-state index in [0.29, 0.717) is 58.3 Å². The second kappa shape index (κ2) is 10.3. The molecule has 0 radical (unpaired) electrons. The number of rotatable bonds is 7. The van der Waals surface area contributed by atoms with Crippen LogP contribution in [-0.4, -0.2) is 29.1 Å². The van der Waals surface area contributed by atoms with Gasteiger partial charge >= 0.3 is 0 Å². The Bertz CT molecular complexity index is 1670. The van der Waals surface area contributed by atoms with E-state index in [1.165, 1.54) is 4.68 Å². The Labute approximate surface area is 223 Å². The van der Waals surface area contributed by atoms with E-state index in [-0.39, 0.29) is 5.56 Å². The molecule has 0 amide bonds. The molecule has 0 aliphatic carbocycles. The summed E-state index contributed by atoms with van der Waals surface area (Å²) < 4.78 is 20.5. The van der Waals surface area contributed by atoms with Crippen molar-refractivity contribution >= 4 is 59.9 Å². The lowest BCUT2D eigenvalue weighted by Gasteiger charge is -2.13. The van der Waals surface area contributed by atoms with Gasteiger partial charge in [-0.3, -0.25) is 4.79 Å². The quantitative estimate of drug-likeness (QED) is 0.185. The van der Waals surface area contributed by atoms with Gasteiger partial charge in [-0.25, -0.2) is 4.98 Å². The molecule has 3 aromatic carbocycles. The third kappa shape index (κ3) is 4.68. The van der Waals surface area contributed by atoms with E-state index in [0.717, 1.165) is 14.3 Å². The fraction of sp³-hybridized carbons (Fsp3) is 0.148. The van der Waals surface area contributed by atoms with E-state index in [4.69, 9.17) is 18.9 Å². The summed E-state index contributed by atoms with van der Waals surface area (Å²) >= 11 is 7.04. The molecular weight excluding hydrogens is 590 g/mol. The number of aromatic nitrogens is 2. The molecule has 182 valence electrons. The maximum atomic E-state index is 13.5. The summed E-state index contributed by atoms with van der Waals surface area (Å²) in [6.45, 7) is 4.80. The summed E-state index contributed by atoms with van der Waals surface area (Å²) in [5, 5.41) is 5.88. The minimum atomic E-state index is -0.302. The molecule has 5 rings (SSSR count). The molecule has 0 bridgehead atoms. The predicted molar refractivity (Wildman–Crippen MR) is 148 cm³/mol. The lowest BCUT2D eigenvalue weighted by molar-refractivity contribution is 0.286. The van der Waals surface area contributed by atoms with Crippen LogP contribution in [0.4, 0.5) is 0 Å². The van der Waals surface area contributed by atoms with E-state index in [1.807, 2.05) is 56.3 Å². The second-order valence-electron chi connectivity index (χ2n) is 7.80. The van der Waals surface area contributed by atoms with Gasteiger partial charge in [-0.2, -0.15) is 9.78 Å². The molecule has 0 aliphatic heterocycles. The fourth-order valence-corrected chi connectivity index (χ4v) is 4.80. The van der Waals surface area contributed by atoms with Crippen LogP contribution >= 0.6 is 31.9 Å². The SMILES string of the molecule is CCOc1cc(C=Nn2c(-c3cc4cc(Br)ccc4o3)nc3ccccc3c2=O)cc(Br)c1OCC. The van der Waals surface area contributed by atoms with Crippen LogP contribution in [0.3, 0.4) is 0 Å².